The van der Waals surface area contributed by atoms with E-state index in [2.05, 4.69) is 15.5 Å². The number of rotatable bonds is 3. The molecule has 5 nitrogen and oxygen atoms in total. The Morgan fingerprint density at radius 2 is 2.08 bits per heavy atom. The van der Waals surface area contributed by atoms with Gasteiger partial charge in [-0.05, 0) is 38.2 Å². The monoisotopic (exact) mass is 369 g/mol. The van der Waals surface area contributed by atoms with Crippen molar-refractivity contribution in [1.82, 2.24) is 15.5 Å². The molecule has 0 bridgehead atoms. The van der Waals surface area contributed by atoms with Gasteiger partial charge in [-0.1, -0.05) is 25.4 Å². The van der Waals surface area contributed by atoms with Gasteiger partial charge in [0.05, 0.1) is 22.6 Å². The lowest BCUT2D eigenvalue weighted by molar-refractivity contribution is -0.183. The van der Waals surface area contributed by atoms with Crippen molar-refractivity contribution in [3.8, 4) is 0 Å². The van der Waals surface area contributed by atoms with Crippen molar-refractivity contribution in [3.05, 3.63) is 23.0 Å². The van der Waals surface area contributed by atoms with Crippen molar-refractivity contribution in [3.63, 3.8) is 0 Å². The first kappa shape index (κ1) is 18.7. The Labute approximate surface area is 149 Å². The molecule has 2 heterocycles. The third-order valence-electron chi connectivity index (χ3n) is 4.95. The van der Waals surface area contributed by atoms with Crippen molar-refractivity contribution in [2.75, 3.05) is 0 Å². The maximum atomic E-state index is 13.0. The van der Waals surface area contributed by atoms with E-state index in [4.69, 9.17) is 4.52 Å². The van der Waals surface area contributed by atoms with Crippen molar-refractivity contribution in [2.24, 2.45) is 5.92 Å². The van der Waals surface area contributed by atoms with Gasteiger partial charge in [-0.3, -0.25) is 4.79 Å². The van der Waals surface area contributed by atoms with Crippen molar-refractivity contribution in [1.29, 1.82) is 0 Å². The molecular weight excluding hydrogens is 347 g/mol. The Balaban J connectivity index is 1.87. The lowest BCUT2D eigenvalue weighted by Crippen LogP contribution is -2.41. The second kappa shape index (κ2) is 6.89. The van der Waals surface area contributed by atoms with Gasteiger partial charge in [-0.15, -0.1) is 0 Å². The molecule has 8 heteroatoms. The molecule has 1 N–H and O–H groups in total. The lowest BCUT2D eigenvalue weighted by atomic mass is 9.85. The van der Waals surface area contributed by atoms with Gasteiger partial charge in [0.2, 0.25) is 0 Å². The molecule has 1 aliphatic carbocycles. The van der Waals surface area contributed by atoms with Crippen LogP contribution in [0.4, 0.5) is 13.2 Å². The lowest BCUT2D eigenvalue weighted by Gasteiger charge is -2.31. The molecule has 1 aliphatic rings. The van der Waals surface area contributed by atoms with E-state index in [0.29, 0.717) is 35.2 Å². The summed E-state index contributed by atoms with van der Waals surface area (Å²) in [5.74, 6) is -1.69. The predicted octanol–water partition coefficient (Wildman–Crippen LogP) is 4.51. The Bertz CT molecular complexity index is 814. The van der Waals surface area contributed by atoms with Crippen LogP contribution in [0.3, 0.4) is 0 Å². The molecule has 2 atom stereocenters. The number of hydrogen-bond acceptors (Lipinski definition) is 4. The van der Waals surface area contributed by atoms with Crippen LogP contribution >= 0.6 is 0 Å². The number of amides is 1. The highest BCUT2D eigenvalue weighted by Gasteiger charge is 2.42. The molecular formula is C18H22F3N3O2. The summed E-state index contributed by atoms with van der Waals surface area (Å²) in [5, 5.41) is 7.15. The summed E-state index contributed by atoms with van der Waals surface area (Å²) in [6, 6.07) is 1.19. The smallest absolute Gasteiger partial charge is 0.349 e. The average molecular weight is 369 g/mol. The number of nitrogens with zero attached hydrogens (tertiary/aromatic N) is 2. The highest BCUT2D eigenvalue weighted by atomic mass is 19.4. The molecule has 26 heavy (non-hydrogen) atoms. The van der Waals surface area contributed by atoms with Crippen molar-refractivity contribution < 1.29 is 22.5 Å². The van der Waals surface area contributed by atoms with E-state index in [1.165, 1.54) is 0 Å². The largest absolute Gasteiger partial charge is 0.391 e. The minimum absolute atomic E-state index is 0.0700. The standard InChI is InChI=1S/C18H22F3N3O2/c1-9(2)14-8-13(15-10(3)24-26-17(15)23-14)16(25)22-12-6-4-5-11(7-12)18(19,20)21/h8-9,11-12H,4-7H2,1-3H3,(H,22,25). The normalized spacial score (nSPS) is 21.3. The molecule has 0 radical (unpaired) electrons. The molecule has 1 saturated carbocycles. The zero-order valence-corrected chi connectivity index (χ0v) is 15.0. The minimum atomic E-state index is -4.22. The first-order valence-electron chi connectivity index (χ1n) is 8.81. The summed E-state index contributed by atoms with van der Waals surface area (Å²) in [6.07, 6.45) is -3.18. The number of carbonyl (C=O) groups is 1. The number of pyridine rings is 1. The van der Waals surface area contributed by atoms with Crippen molar-refractivity contribution in [2.45, 2.75) is 64.6 Å². The number of nitrogens with one attached hydrogen (secondary N) is 1. The quantitative estimate of drug-likeness (QED) is 0.865. The van der Waals surface area contributed by atoms with Gasteiger partial charge in [0.25, 0.3) is 11.6 Å². The number of fused-ring (bicyclic) bond motifs is 1. The van der Waals surface area contributed by atoms with Crippen LogP contribution in [0.1, 0.15) is 67.2 Å². The van der Waals surface area contributed by atoms with Gasteiger partial charge < -0.3 is 9.84 Å². The highest BCUT2D eigenvalue weighted by molar-refractivity contribution is 6.06. The number of halogens is 3. The first-order valence-corrected chi connectivity index (χ1v) is 8.81. The van der Waals surface area contributed by atoms with Crippen LogP contribution in [-0.2, 0) is 0 Å². The van der Waals surface area contributed by atoms with Gasteiger partial charge >= 0.3 is 6.18 Å². The second-order valence-corrected chi connectivity index (χ2v) is 7.27. The van der Waals surface area contributed by atoms with E-state index in [-0.39, 0.29) is 24.5 Å². The van der Waals surface area contributed by atoms with E-state index in [1.54, 1.807) is 13.0 Å². The van der Waals surface area contributed by atoms with E-state index in [9.17, 15) is 18.0 Å². The number of aryl methyl sites for hydroxylation is 1. The van der Waals surface area contributed by atoms with Crippen LogP contribution in [0.5, 0.6) is 0 Å². The topological polar surface area (TPSA) is 68.0 Å². The third-order valence-corrected chi connectivity index (χ3v) is 4.95. The molecule has 1 fully saturated rings. The van der Waals surface area contributed by atoms with E-state index >= 15 is 0 Å². The maximum Gasteiger partial charge on any atom is 0.391 e. The number of carbonyl (C=O) groups excluding carboxylic acids is 1. The highest BCUT2D eigenvalue weighted by Crippen LogP contribution is 2.37. The number of hydrogen-bond donors (Lipinski definition) is 1. The van der Waals surface area contributed by atoms with Gasteiger partial charge in [-0.2, -0.15) is 13.2 Å². The number of alkyl halides is 3. The van der Waals surface area contributed by atoms with Gasteiger partial charge in [0.15, 0.2) is 0 Å². The summed E-state index contributed by atoms with van der Waals surface area (Å²) >= 11 is 0. The molecule has 0 spiro atoms. The van der Waals surface area contributed by atoms with E-state index in [0.717, 1.165) is 0 Å². The van der Waals surface area contributed by atoms with Gasteiger partial charge in [0, 0.05) is 11.7 Å². The van der Waals surface area contributed by atoms with Crippen LogP contribution in [0.25, 0.3) is 11.1 Å². The first-order chi connectivity index (χ1) is 12.2. The molecule has 142 valence electrons. The summed E-state index contributed by atoms with van der Waals surface area (Å²) in [7, 11) is 0. The summed E-state index contributed by atoms with van der Waals surface area (Å²) in [6.45, 7) is 5.59. The third kappa shape index (κ3) is 3.68. The fraction of sp³-hybridized carbons (Fsp3) is 0.611. The Morgan fingerprint density at radius 3 is 2.73 bits per heavy atom. The fourth-order valence-electron chi connectivity index (χ4n) is 3.47. The van der Waals surface area contributed by atoms with Gasteiger partial charge in [0.1, 0.15) is 0 Å². The van der Waals surface area contributed by atoms with E-state index in [1.807, 2.05) is 13.8 Å². The molecule has 2 aromatic heterocycles. The Hall–Kier alpha value is -2.12. The Morgan fingerprint density at radius 1 is 1.35 bits per heavy atom. The molecule has 0 aliphatic heterocycles. The van der Waals surface area contributed by atoms with Crippen LogP contribution in [0.2, 0.25) is 0 Å². The van der Waals surface area contributed by atoms with Crippen LogP contribution in [0, 0.1) is 12.8 Å². The summed E-state index contributed by atoms with van der Waals surface area (Å²) < 4.78 is 44.2. The molecule has 1 amide bonds. The molecule has 3 rings (SSSR count). The SMILES string of the molecule is Cc1noc2nc(C(C)C)cc(C(=O)NC3CCCC(C(F)(F)F)C3)c12. The molecule has 0 saturated heterocycles. The minimum Gasteiger partial charge on any atom is -0.349 e. The molecule has 2 unspecified atom stereocenters. The average Bonchev–Trinajstić information content (AvgIpc) is 2.94. The zero-order chi connectivity index (χ0) is 19.1. The second-order valence-electron chi connectivity index (χ2n) is 7.27. The van der Waals surface area contributed by atoms with Crippen LogP contribution < -0.4 is 5.32 Å². The maximum absolute atomic E-state index is 13.0. The number of aromatic nitrogens is 2. The van der Waals surface area contributed by atoms with Crippen molar-refractivity contribution >= 4 is 17.0 Å². The Kier molecular flexibility index (Phi) is 4.94. The summed E-state index contributed by atoms with van der Waals surface area (Å²) in [4.78, 5) is 17.2. The van der Waals surface area contributed by atoms with Gasteiger partial charge in [-0.25, -0.2) is 4.98 Å². The van der Waals surface area contributed by atoms with Crippen LogP contribution in [-0.4, -0.2) is 28.3 Å². The predicted molar refractivity (Wildman–Crippen MR) is 89.9 cm³/mol. The molecule has 0 aromatic carbocycles. The fourth-order valence-corrected chi connectivity index (χ4v) is 3.47. The molecule has 2 aromatic rings. The zero-order valence-electron chi connectivity index (χ0n) is 15.0. The van der Waals surface area contributed by atoms with Crippen LogP contribution in [0.15, 0.2) is 10.6 Å². The summed E-state index contributed by atoms with van der Waals surface area (Å²) in [5.41, 5.74) is 1.84. The van der Waals surface area contributed by atoms with E-state index < -0.39 is 24.0 Å².